The molecule has 0 aromatic carbocycles. The molecule has 0 bridgehead atoms. The van der Waals surface area contributed by atoms with Gasteiger partial charge in [0.25, 0.3) is 0 Å². The van der Waals surface area contributed by atoms with E-state index in [9.17, 15) is 14.7 Å². The van der Waals surface area contributed by atoms with E-state index in [1.54, 1.807) is 0 Å². The first kappa shape index (κ1) is 13.3. The molecule has 0 spiro atoms. The molecule has 2 atom stereocenters. The molecule has 4 N–H and O–H groups in total. The highest BCUT2D eigenvalue weighted by Crippen LogP contribution is 2.35. The second-order valence-electron chi connectivity index (χ2n) is 6.05. The van der Waals surface area contributed by atoms with Gasteiger partial charge < -0.3 is 16.2 Å². The van der Waals surface area contributed by atoms with E-state index < -0.39 is 17.0 Å². The molecule has 2 aliphatic rings. The number of nitrogens with two attached hydrogens (primary N) is 1. The summed E-state index contributed by atoms with van der Waals surface area (Å²) in [5.41, 5.74) is 4.24. The van der Waals surface area contributed by atoms with Crippen molar-refractivity contribution in [3.05, 3.63) is 0 Å². The van der Waals surface area contributed by atoms with Gasteiger partial charge in [-0.3, -0.25) is 4.79 Å². The van der Waals surface area contributed by atoms with Crippen LogP contribution in [0.5, 0.6) is 0 Å². The molecule has 0 saturated heterocycles. The Bertz CT molecular complexity index is 365. The van der Waals surface area contributed by atoms with Crippen molar-refractivity contribution >= 4 is 11.9 Å². The predicted molar refractivity (Wildman–Crippen MR) is 66.9 cm³/mol. The zero-order chi connectivity index (χ0) is 13.4. The number of amides is 1. The fourth-order valence-electron chi connectivity index (χ4n) is 3.06. The molecular formula is C13H22N2O3. The molecule has 5 nitrogen and oxygen atoms in total. The third-order valence-corrected chi connectivity index (χ3v) is 4.45. The zero-order valence-corrected chi connectivity index (χ0v) is 10.9. The van der Waals surface area contributed by atoms with Gasteiger partial charge in [-0.2, -0.15) is 0 Å². The van der Waals surface area contributed by atoms with Crippen LogP contribution >= 0.6 is 0 Å². The van der Waals surface area contributed by atoms with Gasteiger partial charge in [-0.1, -0.05) is 19.8 Å². The highest BCUT2D eigenvalue weighted by Gasteiger charge is 2.49. The van der Waals surface area contributed by atoms with E-state index in [1.165, 1.54) is 0 Å². The Morgan fingerprint density at radius 1 is 1.28 bits per heavy atom. The van der Waals surface area contributed by atoms with E-state index >= 15 is 0 Å². The van der Waals surface area contributed by atoms with Crippen LogP contribution in [-0.4, -0.2) is 28.1 Å². The molecule has 1 amide bonds. The molecule has 0 aliphatic heterocycles. The summed E-state index contributed by atoms with van der Waals surface area (Å²) in [6.07, 6.45) is 5.20. The number of hydrogen-bond acceptors (Lipinski definition) is 3. The maximum Gasteiger partial charge on any atom is 0.329 e. The Balaban J connectivity index is 2.05. The molecule has 2 rings (SSSR count). The lowest BCUT2D eigenvalue weighted by Crippen LogP contribution is -2.66. The number of nitrogens with one attached hydrogen (secondary N) is 1. The summed E-state index contributed by atoms with van der Waals surface area (Å²) in [5, 5.41) is 11.9. The minimum Gasteiger partial charge on any atom is -0.480 e. The van der Waals surface area contributed by atoms with E-state index in [-0.39, 0.29) is 5.91 Å². The van der Waals surface area contributed by atoms with Gasteiger partial charge in [0, 0.05) is 0 Å². The van der Waals surface area contributed by atoms with Crippen LogP contribution < -0.4 is 11.1 Å². The van der Waals surface area contributed by atoms with Crippen LogP contribution in [0, 0.1) is 5.92 Å². The standard InChI is InChI=1S/C13H22N2O3/c1-9-4-2-5-12(14,8-9)10(16)15-13(11(17)18)6-3-7-13/h9H,2-8,14H2,1H3,(H,15,16)(H,17,18). The summed E-state index contributed by atoms with van der Waals surface area (Å²) in [7, 11) is 0. The summed E-state index contributed by atoms with van der Waals surface area (Å²) in [4.78, 5) is 23.5. The average molecular weight is 254 g/mol. The van der Waals surface area contributed by atoms with Crippen molar-refractivity contribution in [1.82, 2.24) is 5.32 Å². The van der Waals surface area contributed by atoms with Crippen molar-refractivity contribution in [2.75, 3.05) is 0 Å². The smallest absolute Gasteiger partial charge is 0.329 e. The third-order valence-electron chi connectivity index (χ3n) is 4.45. The van der Waals surface area contributed by atoms with Crippen molar-refractivity contribution in [3.8, 4) is 0 Å². The number of carbonyl (C=O) groups excluding carboxylic acids is 1. The van der Waals surface area contributed by atoms with Gasteiger partial charge in [0.2, 0.25) is 5.91 Å². The first-order valence-electron chi connectivity index (χ1n) is 6.73. The van der Waals surface area contributed by atoms with Crippen LogP contribution in [0.2, 0.25) is 0 Å². The predicted octanol–water partition coefficient (Wildman–Crippen LogP) is 1.02. The molecule has 18 heavy (non-hydrogen) atoms. The highest BCUT2D eigenvalue weighted by atomic mass is 16.4. The molecule has 2 saturated carbocycles. The Morgan fingerprint density at radius 2 is 1.94 bits per heavy atom. The van der Waals surface area contributed by atoms with Crippen molar-refractivity contribution < 1.29 is 14.7 Å². The van der Waals surface area contributed by atoms with Crippen molar-refractivity contribution in [2.45, 2.75) is 62.9 Å². The van der Waals surface area contributed by atoms with E-state index in [1.807, 2.05) is 0 Å². The van der Waals surface area contributed by atoms with Crippen LogP contribution in [-0.2, 0) is 9.59 Å². The van der Waals surface area contributed by atoms with Gasteiger partial charge in [0.1, 0.15) is 5.54 Å². The molecule has 0 aromatic rings. The number of rotatable bonds is 3. The fourth-order valence-corrected chi connectivity index (χ4v) is 3.06. The number of carboxylic acids is 1. The Kier molecular flexibility index (Phi) is 3.36. The lowest BCUT2D eigenvalue weighted by molar-refractivity contribution is -0.153. The number of carbonyl (C=O) groups is 2. The van der Waals surface area contributed by atoms with Crippen LogP contribution in [0.15, 0.2) is 0 Å². The molecule has 102 valence electrons. The Labute approximate surface area is 107 Å². The quantitative estimate of drug-likeness (QED) is 0.701. The van der Waals surface area contributed by atoms with Gasteiger partial charge in [-0.25, -0.2) is 4.79 Å². The molecule has 2 fully saturated rings. The minimum absolute atomic E-state index is 0.281. The zero-order valence-electron chi connectivity index (χ0n) is 10.9. The summed E-state index contributed by atoms with van der Waals surface area (Å²) < 4.78 is 0. The third kappa shape index (κ3) is 2.23. The Hall–Kier alpha value is -1.10. The van der Waals surface area contributed by atoms with Gasteiger partial charge in [0.15, 0.2) is 0 Å². The van der Waals surface area contributed by atoms with E-state index in [2.05, 4.69) is 12.2 Å². The van der Waals surface area contributed by atoms with Crippen molar-refractivity contribution in [3.63, 3.8) is 0 Å². The first-order valence-corrected chi connectivity index (χ1v) is 6.73. The largest absolute Gasteiger partial charge is 0.480 e. The van der Waals surface area contributed by atoms with Gasteiger partial charge in [0.05, 0.1) is 5.54 Å². The van der Waals surface area contributed by atoms with E-state index in [0.717, 1.165) is 19.3 Å². The molecule has 0 aromatic heterocycles. The topological polar surface area (TPSA) is 92.4 Å². The van der Waals surface area contributed by atoms with Crippen LogP contribution in [0.3, 0.4) is 0 Å². The maximum absolute atomic E-state index is 12.3. The SMILES string of the molecule is CC1CCCC(N)(C(=O)NC2(C(=O)O)CCC2)C1. The minimum atomic E-state index is -1.05. The summed E-state index contributed by atoms with van der Waals surface area (Å²) in [6.45, 7) is 2.09. The monoisotopic (exact) mass is 254 g/mol. The average Bonchev–Trinajstić information content (AvgIpc) is 2.22. The van der Waals surface area contributed by atoms with Crippen LogP contribution in [0.4, 0.5) is 0 Å². The first-order chi connectivity index (χ1) is 8.38. The molecular weight excluding hydrogens is 232 g/mol. The van der Waals surface area contributed by atoms with Crippen LogP contribution in [0.25, 0.3) is 0 Å². The number of carboxylic acid groups (broad SMARTS) is 1. The molecule has 2 unspecified atom stereocenters. The lowest BCUT2D eigenvalue weighted by Gasteiger charge is -2.42. The molecule has 0 heterocycles. The lowest BCUT2D eigenvalue weighted by atomic mass is 9.73. The highest BCUT2D eigenvalue weighted by molar-refractivity contribution is 5.92. The van der Waals surface area contributed by atoms with Crippen LogP contribution in [0.1, 0.15) is 51.9 Å². The summed E-state index contributed by atoms with van der Waals surface area (Å²) in [6, 6.07) is 0. The van der Waals surface area contributed by atoms with Crippen molar-refractivity contribution in [1.29, 1.82) is 0 Å². The van der Waals surface area contributed by atoms with Gasteiger partial charge in [-0.15, -0.1) is 0 Å². The van der Waals surface area contributed by atoms with E-state index in [4.69, 9.17) is 5.73 Å². The van der Waals surface area contributed by atoms with Gasteiger partial charge in [-0.05, 0) is 38.0 Å². The second kappa shape index (κ2) is 4.53. The van der Waals surface area contributed by atoms with Gasteiger partial charge >= 0.3 is 5.97 Å². The molecule has 0 radical (unpaired) electrons. The Morgan fingerprint density at radius 3 is 2.39 bits per heavy atom. The normalized spacial score (nSPS) is 34.4. The maximum atomic E-state index is 12.3. The summed E-state index contributed by atoms with van der Waals surface area (Å²) >= 11 is 0. The summed E-state index contributed by atoms with van der Waals surface area (Å²) in [5.74, 6) is -0.789. The number of hydrogen-bond donors (Lipinski definition) is 3. The fraction of sp³-hybridized carbons (Fsp3) is 0.846. The molecule has 2 aliphatic carbocycles. The van der Waals surface area contributed by atoms with Crippen molar-refractivity contribution in [2.24, 2.45) is 11.7 Å². The second-order valence-corrected chi connectivity index (χ2v) is 6.05. The number of aliphatic carboxylic acids is 1. The molecule has 5 heteroatoms. The van der Waals surface area contributed by atoms with E-state index in [0.29, 0.717) is 31.6 Å².